The van der Waals surface area contributed by atoms with E-state index in [-0.39, 0.29) is 0 Å². The van der Waals surface area contributed by atoms with Gasteiger partial charge in [0.2, 0.25) is 0 Å². The molecule has 1 unspecified atom stereocenters. The predicted molar refractivity (Wildman–Crippen MR) is 44.1 cm³/mol. The van der Waals surface area contributed by atoms with Crippen LogP contribution in [0.5, 0.6) is 0 Å². The van der Waals surface area contributed by atoms with E-state index in [9.17, 15) is 0 Å². The van der Waals surface area contributed by atoms with E-state index in [1.165, 1.54) is 32.6 Å². The lowest BCUT2D eigenvalue weighted by molar-refractivity contribution is 0.299. The van der Waals surface area contributed by atoms with E-state index in [1.807, 2.05) is 0 Å². The third-order valence-electron chi connectivity index (χ3n) is 2.27. The maximum Gasteiger partial charge on any atom is 0.00191 e. The smallest absolute Gasteiger partial charge is 0.00191 e. The van der Waals surface area contributed by atoms with Gasteiger partial charge in [-0.3, -0.25) is 0 Å². The molecular formula is C8H18N2. The number of nitrogens with zero attached hydrogens (tertiary/aromatic N) is 1. The molecule has 0 aromatic rings. The van der Waals surface area contributed by atoms with E-state index < -0.39 is 0 Å². The second-order valence-corrected chi connectivity index (χ2v) is 3.21. The Kier molecular flexibility index (Phi) is 3.16. The monoisotopic (exact) mass is 142 g/mol. The Morgan fingerprint density at radius 3 is 2.90 bits per heavy atom. The van der Waals surface area contributed by atoms with Crippen molar-refractivity contribution in [2.75, 3.05) is 33.2 Å². The average Bonchev–Trinajstić information content (AvgIpc) is 2.40. The van der Waals surface area contributed by atoms with Crippen LogP contribution < -0.4 is 5.32 Å². The van der Waals surface area contributed by atoms with Gasteiger partial charge in [0, 0.05) is 6.54 Å². The van der Waals surface area contributed by atoms with E-state index in [4.69, 9.17) is 0 Å². The van der Waals surface area contributed by atoms with Crippen molar-refractivity contribution in [1.82, 2.24) is 10.2 Å². The van der Waals surface area contributed by atoms with Crippen LogP contribution in [0.25, 0.3) is 0 Å². The zero-order valence-corrected chi connectivity index (χ0v) is 7.06. The first-order valence-corrected chi connectivity index (χ1v) is 4.22. The fraction of sp³-hybridized carbons (Fsp3) is 1.00. The molecule has 0 saturated carbocycles. The van der Waals surface area contributed by atoms with Gasteiger partial charge in [-0.2, -0.15) is 0 Å². The summed E-state index contributed by atoms with van der Waals surface area (Å²) in [6, 6.07) is 0. The third kappa shape index (κ3) is 2.27. The van der Waals surface area contributed by atoms with Crippen LogP contribution in [0, 0.1) is 5.92 Å². The van der Waals surface area contributed by atoms with Crippen molar-refractivity contribution in [1.29, 1.82) is 0 Å². The highest BCUT2D eigenvalue weighted by atomic mass is 15.1. The van der Waals surface area contributed by atoms with Gasteiger partial charge in [0.15, 0.2) is 0 Å². The largest absolute Gasteiger partial charge is 0.316 e. The minimum atomic E-state index is 0.907. The summed E-state index contributed by atoms with van der Waals surface area (Å²) in [5.41, 5.74) is 0. The van der Waals surface area contributed by atoms with E-state index in [1.54, 1.807) is 0 Å². The molecule has 1 rings (SSSR count). The van der Waals surface area contributed by atoms with Crippen molar-refractivity contribution in [2.24, 2.45) is 5.92 Å². The molecule has 0 amide bonds. The van der Waals surface area contributed by atoms with Crippen LogP contribution in [0.3, 0.4) is 0 Å². The van der Waals surface area contributed by atoms with Crippen LogP contribution in [0.15, 0.2) is 0 Å². The van der Waals surface area contributed by atoms with Crippen molar-refractivity contribution >= 4 is 0 Å². The molecule has 0 radical (unpaired) electrons. The summed E-state index contributed by atoms with van der Waals surface area (Å²) in [7, 11) is 2.19. The SMILES string of the molecule is CCN(C)CC1CCNC1. The average molecular weight is 142 g/mol. The Hall–Kier alpha value is -0.0800. The summed E-state index contributed by atoms with van der Waals surface area (Å²) in [6.07, 6.45) is 1.37. The van der Waals surface area contributed by atoms with Crippen LogP contribution in [0.4, 0.5) is 0 Å². The Morgan fingerprint density at radius 1 is 1.60 bits per heavy atom. The first-order chi connectivity index (χ1) is 4.83. The molecule has 1 saturated heterocycles. The second-order valence-electron chi connectivity index (χ2n) is 3.21. The Morgan fingerprint density at radius 2 is 2.40 bits per heavy atom. The molecule has 0 aliphatic carbocycles. The zero-order chi connectivity index (χ0) is 7.40. The maximum atomic E-state index is 3.38. The number of hydrogen-bond donors (Lipinski definition) is 1. The molecule has 1 fully saturated rings. The molecule has 1 heterocycles. The minimum absolute atomic E-state index is 0.907. The fourth-order valence-corrected chi connectivity index (χ4v) is 1.44. The Balaban J connectivity index is 2.11. The van der Waals surface area contributed by atoms with Gasteiger partial charge in [-0.05, 0) is 39.0 Å². The zero-order valence-electron chi connectivity index (χ0n) is 7.06. The highest BCUT2D eigenvalue weighted by Crippen LogP contribution is 2.07. The van der Waals surface area contributed by atoms with Crippen LogP contribution in [0.2, 0.25) is 0 Å². The van der Waals surface area contributed by atoms with E-state index in [0.29, 0.717) is 0 Å². The van der Waals surface area contributed by atoms with Crippen LogP contribution in [-0.4, -0.2) is 38.1 Å². The van der Waals surface area contributed by atoms with Gasteiger partial charge >= 0.3 is 0 Å². The molecule has 1 aliphatic rings. The lowest BCUT2D eigenvalue weighted by Gasteiger charge is -2.17. The third-order valence-corrected chi connectivity index (χ3v) is 2.27. The molecule has 0 aromatic heterocycles. The van der Waals surface area contributed by atoms with Crippen LogP contribution in [-0.2, 0) is 0 Å². The molecule has 2 nitrogen and oxygen atoms in total. The number of hydrogen-bond acceptors (Lipinski definition) is 2. The van der Waals surface area contributed by atoms with Gasteiger partial charge in [0.05, 0.1) is 0 Å². The molecule has 0 aromatic carbocycles. The lowest BCUT2D eigenvalue weighted by atomic mass is 10.1. The second kappa shape index (κ2) is 3.94. The van der Waals surface area contributed by atoms with E-state index >= 15 is 0 Å². The summed E-state index contributed by atoms with van der Waals surface area (Å²) in [6.45, 7) is 7.11. The van der Waals surface area contributed by atoms with Crippen molar-refractivity contribution < 1.29 is 0 Å². The van der Waals surface area contributed by atoms with Crippen LogP contribution in [0.1, 0.15) is 13.3 Å². The minimum Gasteiger partial charge on any atom is -0.316 e. The van der Waals surface area contributed by atoms with Crippen LogP contribution >= 0.6 is 0 Å². The van der Waals surface area contributed by atoms with Crippen molar-refractivity contribution in [3.05, 3.63) is 0 Å². The standard InChI is InChI=1S/C8H18N2/c1-3-10(2)7-8-4-5-9-6-8/h8-9H,3-7H2,1-2H3. The quantitative estimate of drug-likeness (QED) is 0.619. The summed E-state index contributed by atoms with van der Waals surface area (Å²) < 4.78 is 0. The lowest BCUT2D eigenvalue weighted by Crippen LogP contribution is -2.26. The van der Waals surface area contributed by atoms with Gasteiger partial charge < -0.3 is 10.2 Å². The van der Waals surface area contributed by atoms with E-state index in [0.717, 1.165) is 5.92 Å². The van der Waals surface area contributed by atoms with Gasteiger partial charge in [-0.1, -0.05) is 6.92 Å². The number of rotatable bonds is 3. The topological polar surface area (TPSA) is 15.3 Å². The maximum absolute atomic E-state index is 3.38. The predicted octanol–water partition coefficient (Wildman–Crippen LogP) is 0.548. The summed E-state index contributed by atoms with van der Waals surface area (Å²) in [5.74, 6) is 0.907. The van der Waals surface area contributed by atoms with Gasteiger partial charge in [-0.15, -0.1) is 0 Å². The molecule has 1 atom stereocenters. The Labute approximate surface area is 63.6 Å². The van der Waals surface area contributed by atoms with Gasteiger partial charge in [0.1, 0.15) is 0 Å². The molecule has 1 N–H and O–H groups in total. The number of nitrogens with one attached hydrogen (secondary N) is 1. The molecule has 1 aliphatic heterocycles. The molecule has 0 bridgehead atoms. The highest BCUT2D eigenvalue weighted by molar-refractivity contribution is 4.73. The molecule has 2 heteroatoms. The molecular weight excluding hydrogens is 124 g/mol. The fourth-order valence-electron chi connectivity index (χ4n) is 1.44. The molecule has 60 valence electrons. The summed E-state index contributed by atoms with van der Waals surface area (Å²) in [4.78, 5) is 2.39. The summed E-state index contributed by atoms with van der Waals surface area (Å²) in [5, 5.41) is 3.38. The van der Waals surface area contributed by atoms with E-state index in [2.05, 4.69) is 24.2 Å². The van der Waals surface area contributed by atoms with Crippen molar-refractivity contribution in [2.45, 2.75) is 13.3 Å². The van der Waals surface area contributed by atoms with Gasteiger partial charge in [0.25, 0.3) is 0 Å². The molecule has 0 spiro atoms. The highest BCUT2D eigenvalue weighted by Gasteiger charge is 2.14. The Bertz CT molecular complexity index is 87.3. The van der Waals surface area contributed by atoms with Gasteiger partial charge in [-0.25, -0.2) is 0 Å². The summed E-state index contributed by atoms with van der Waals surface area (Å²) >= 11 is 0. The normalized spacial score (nSPS) is 26.1. The first kappa shape index (κ1) is 8.02. The first-order valence-electron chi connectivity index (χ1n) is 4.22. The van der Waals surface area contributed by atoms with Crippen molar-refractivity contribution in [3.63, 3.8) is 0 Å². The molecule has 10 heavy (non-hydrogen) atoms. The van der Waals surface area contributed by atoms with Crippen molar-refractivity contribution in [3.8, 4) is 0 Å².